The van der Waals surface area contributed by atoms with Crippen molar-refractivity contribution in [2.24, 2.45) is 11.8 Å². The zero-order valence-electron chi connectivity index (χ0n) is 21.0. The van der Waals surface area contributed by atoms with Crippen molar-refractivity contribution in [3.05, 3.63) is 54.6 Å². The number of nitrogens with one attached hydrogen (secondary N) is 1. The largest absolute Gasteiger partial charge is 0.453 e. The second-order valence-electron chi connectivity index (χ2n) is 9.84. The first-order valence-corrected chi connectivity index (χ1v) is 12.9. The van der Waals surface area contributed by atoms with Crippen LogP contribution >= 0.6 is 0 Å². The van der Waals surface area contributed by atoms with Crippen molar-refractivity contribution in [3.8, 4) is 0 Å². The molecule has 9 heteroatoms. The van der Waals surface area contributed by atoms with Crippen molar-refractivity contribution in [3.63, 3.8) is 0 Å². The molecule has 1 unspecified atom stereocenters. The van der Waals surface area contributed by atoms with Crippen LogP contribution in [-0.2, 0) is 19.1 Å². The Balaban J connectivity index is 1.45. The van der Waals surface area contributed by atoms with Gasteiger partial charge in [-0.1, -0.05) is 18.2 Å². The maximum absolute atomic E-state index is 13.8. The lowest BCUT2D eigenvalue weighted by Gasteiger charge is -2.47. The number of nitrogens with zero attached hydrogens (tertiary/aromatic N) is 3. The second kappa shape index (κ2) is 10.6. The molecule has 2 aromatic rings. The molecular formula is C28H32N4O5. The Morgan fingerprint density at radius 2 is 1.57 bits per heavy atom. The Labute approximate surface area is 216 Å². The summed E-state index contributed by atoms with van der Waals surface area (Å²) in [5.41, 5.74) is 2.25. The highest BCUT2D eigenvalue weighted by molar-refractivity contribution is 6.27. The number of amides is 3. The van der Waals surface area contributed by atoms with Gasteiger partial charge in [-0.2, -0.15) is 0 Å². The second-order valence-corrected chi connectivity index (χ2v) is 9.84. The third kappa shape index (κ3) is 4.90. The molecule has 2 aromatic carbocycles. The Morgan fingerprint density at radius 3 is 2.24 bits per heavy atom. The zero-order valence-corrected chi connectivity index (χ0v) is 21.0. The summed E-state index contributed by atoms with van der Waals surface area (Å²) in [5, 5.41) is 2.72. The van der Waals surface area contributed by atoms with Gasteiger partial charge in [0.2, 0.25) is 11.8 Å². The van der Waals surface area contributed by atoms with Crippen molar-refractivity contribution in [2.45, 2.75) is 31.7 Å². The van der Waals surface area contributed by atoms with Crippen LogP contribution in [0, 0.1) is 11.8 Å². The first-order valence-electron chi connectivity index (χ1n) is 12.9. The van der Waals surface area contributed by atoms with Crippen LogP contribution in [0.15, 0.2) is 54.6 Å². The summed E-state index contributed by atoms with van der Waals surface area (Å²) >= 11 is 0. The molecular weight excluding hydrogens is 472 g/mol. The van der Waals surface area contributed by atoms with E-state index in [1.807, 2.05) is 30.3 Å². The fraction of sp³-hybridized carbons (Fsp3) is 0.429. The van der Waals surface area contributed by atoms with Crippen LogP contribution in [0.3, 0.4) is 0 Å². The van der Waals surface area contributed by atoms with E-state index >= 15 is 0 Å². The van der Waals surface area contributed by atoms with E-state index in [-0.39, 0.29) is 6.54 Å². The Morgan fingerprint density at radius 1 is 0.892 bits per heavy atom. The number of ether oxygens (including phenoxy) is 1. The van der Waals surface area contributed by atoms with E-state index < -0.39 is 41.6 Å². The van der Waals surface area contributed by atoms with Crippen molar-refractivity contribution in [1.82, 2.24) is 4.90 Å². The number of anilines is 3. The van der Waals surface area contributed by atoms with Gasteiger partial charge in [0.25, 0.3) is 0 Å². The summed E-state index contributed by atoms with van der Waals surface area (Å²) in [7, 11) is 1.30. The summed E-state index contributed by atoms with van der Waals surface area (Å²) in [6.45, 7) is 2.47. The molecule has 9 nitrogen and oxygen atoms in total. The fourth-order valence-electron chi connectivity index (χ4n) is 5.73. The number of carbonyl (C=O) groups excluding carboxylic acids is 4. The Hall–Kier alpha value is -3.88. The van der Waals surface area contributed by atoms with E-state index in [1.165, 1.54) is 18.4 Å². The molecule has 194 valence electrons. The normalized spacial score (nSPS) is 23.9. The summed E-state index contributed by atoms with van der Waals surface area (Å²) in [5.74, 6) is -3.85. The number of benzene rings is 2. The molecule has 0 saturated carbocycles. The number of carbonyl (C=O) groups is 4. The van der Waals surface area contributed by atoms with Gasteiger partial charge in [-0.15, -0.1) is 0 Å². The van der Waals surface area contributed by atoms with Crippen LogP contribution in [0.25, 0.3) is 0 Å². The average Bonchev–Trinajstić information content (AvgIpc) is 2.94. The lowest BCUT2D eigenvalue weighted by molar-refractivity contribution is -0.145. The maximum atomic E-state index is 13.8. The highest BCUT2D eigenvalue weighted by atomic mass is 16.5. The average molecular weight is 505 g/mol. The van der Waals surface area contributed by atoms with E-state index in [0.717, 1.165) is 31.6 Å². The first-order chi connectivity index (χ1) is 18.0. The number of piperidine rings is 3. The minimum atomic E-state index is -1.50. The lowest BCUT2D eigenvalue weighted by Crippen LogP contribution is -2.65. The van der Waals surface area contributed by atoms with Gasteiger partial charge < -0.3 is 24.8 Å². The van der Waals surface area contributed by atoms with Gasteiger partial charge in [-0.3, -0.25) is 14.4 Å². The quantitative estimate of drug-likeness (QED) is 0.642. The topological polar surface area (TPSA) is 99.3 Å². The summed E-state index contributed by atoms with van der Waals surface area (Å²) in [4.78, 5) is 58.3. The van der Waals surface area contributed by atoms with E-state index in [4.69, 9.17) is 4.74 Å². The van der Waals surface area contributed by atoms with Crippen molar-refractivity contribution in [2.75, 3.05) is 48.4 Å². The molecule has 3 heterocycles. The van der Waals surface area contributed by atoms with E-state index in [9.17, 15) is 19.2 Å². The molecule has 3 saturated heterocycles. The predicted molar refractivity (Wildman–Crippen MR) is 139 cm³/mol. The molecule has 0 spiro atoms. The summed E-state index contributed by atoms with van der Waals surface area (Å²) < 4.78 is 4.87. The Kier molecular flexibility index (Phi) is 7.12. The molecule has 0 radical (unpaired) electrons. The molecule has 37 heavy (non-hydrogen) atoms. The van der Waals surface area contributed by atoms with Crippen molar-refractivity contribution in [1.29, 1.82) is 0 Å². The number of methoxy groups -OCH3 is 1. The van der Waals surface area contributed by atoms with Crippen molar-refractivity contribution >= 4 is 40.8 Å². The van der Waals surface area contributed by atoms with Crippen LogP contribution in [0.4, 0.5) is 21.9 Å². The van der Waals surface area contributed by atoms with Gasteiger partial charge >= 0.3 is 6.09 Å². The molecule has 5 rings (SSSR count). The number of fused-ring (bicyclic) bond motifs is 1. The third-order valence-corrected chi connectivity index (χ3v) is 7.63. The Bertz CT molecular complexity index is 1160. The van der Waals surface area contributed by atoms with Crippen molar-refractivity contribution < 1.29 is 23.9 Å². The highest BCUT2D eigenvalue weighted by Crippen LogP contribution is 2.37. The molecule has 1 N–H and O–H groups in total. The monoisotopic (exact) mass is 504 g/mol. The number of rotatable bonds is 4. The molecule has 0 bridgehead atoms. The molecule has 3 fully saturated rings. The standard InChI is InChI=1S/C28H32N4O5/c1-37-28(36)31-17-14-23-22(18-31)25(33)24(26(34)29-19-8-4-2-5-9-19)27(35)32(23)21-12-10-20(11-13-21)30-15-6-3-7-16-30/h2,4-5,8-13,22-24H,3,6-7,14-18H2,1H3,(H,29,34)/t22-,23-,24?/m0/s1. The van der Waals surface area contributed by atoms with Crippen LogP contribution < -0.4 is 15.1 Å². The molecule has 0 aliphatic carbocycles. The molecule has 3 aliphatic heterocycles. The first kappa shape index (κ1) is 24.8. The van der Waals surface area contributed by atoms with Gasteiger partial charge in [-0.25, -0.2) is 4.79 Å². The maximum Gasteiger partial charge on any atom is 0.409 e. The minimum absolute atomic E-state index is 0.0981. The fourth-order valence-corrected chi connectivity index (χ4v) is 5.73. The van der Waals surface area contributed by atoms with Gasteiger partial charge in [0.15, 0.2) is 11.7 Å². The van der Waals surface area contributed by atoms with Gasteiger partial charge in [0.05, 0.1) is 19.1 Å². The lowest BCUT2D eigenvalue weighted by atomic mass is 9.77. The molecule has 3 aliphatic rings. The summed E-state index contributed by atoms with van der Waals surface area (Å²) in [6.07, 6.45) is 3.45. The van der Waals surface area contributed by atoms with Crippen LogP contribution in [0.1, 0.15) is 25.7 Å². The van der Waals surface area contributed by atoms with Gasteiger partial charge in [0, 0.05) is 43.2 Å². The van der Waals surface area contributed by atoms with Crippen LogP contribution in [0.2, 0.25) is 0 Å². The highest BCUT2D eigenvalue weighted by Gasteiger charge is 2.53. The SMILES string of the molecule is COC(=O)N1CC[C@H]2[C@H](C1)C(=O)C(C(=O)Nc1ccccc1)C(=O)N2c1ccc(N2CCCCC2)cc1. The number of para-hydroxylation sites is 1. The number of likely N-dealkylation sites (tertiary alicyclic amines) is 1. The van der Waals surface area contributed by atoms with E-state index in [0.29, 0.717) is 24.3 Å². The van der Waals surface area contributed by atoms with Crippen LogP contribution in [-0.4, -0.2) is 67.9 Å². The third-order valence-electron chi connectivity index (χ3n) is 7.63. The predicted octanol–water partition coefficient (Wildman–Crippen LogP) is 3.30. The number of ketones is 1. The number of Topliss-reactive ketones (excluding diaryl/α,β-unsaturated/α-hetero) is 1. The number of hydrogen-bond acceptors (Lipinski definition) is 6. The van der Waals surface area contributed by atoms with E-state index in [2.05, 4.69) is 10.2 Å². The van der Waals surface area contributed by atoms with E-state index in [1.54, 1.807) is 29.2 Å². The van der Waals surface area contributed by atoms with Gasteiger partial charge in [0.1, 0.15) is 0 Å². The van der Waals surface area contributed by atoms with Crippen LogP contribution in [0.5, 0.6) is 0 Å². The summed E-state index contributed by atoms with van der Waals surface area (Å²) in [6, 6.07) is 16.1. The minimum Gasteiger partial charge on any atom is -0.453 e. The molecule has 3 amide bonds. The molecule has 3 atom stereocenters. The zero-order chi connectivity index (χ0) is 25.9. The number of hydrogen-bond donors (Lipinski definition) is 1. The van der Waals surface area contributed by atoms with Gasteiger partial charge in [-0.05, 0) is 62.1 Å². The smallest absolute Gasteiger partial charge is 0.409 e. The molecule has 0 aromatic heterocycles.